The average Bonchev–Trinajstić information content (AvgIpc) is 2.40. The molecule has 0 bridgehead atoms. The van der Waals surface area contributed by atoms with Crippen molar-refractivity contribution in [2.24, 2.45) is 5.14 Å². The molecule has 134 valence electrons. The number of benzene rings is 1. The Bertz CT molecular complexity index is 528. The summed E-state index contributed by atoms with van der Waals surface area (Å²) in [5.74, 6) is 0. The van der Waals surface area contributed by atoms with Crippen LogP contribution in [-0.2, 0) is 19.5 Å². The van der Waals surface area contributed by atoms with Crippen LogP contribution in [0.25, 0.3) is 0 Å². The first-order chi connectivity index (χ1) is 10.7. The van der Waals surface area contributed by atoms with Gasteiger partial charge in [0.25, 0.3) is 0 Å². The lowest BCUT2D eigenvalue weighted by Gasteiger charge is -2.08. The first-order valence-electron chi connectivity index (χ1n) is 7.22. The maximum absolute atomic E-state index is 11.2. The molecule has 8 heteroatoms. The molecule has 0 aliphatic carbocycles. The first-order valence-corrected chi connectivity index (χ1v) is 8.76. The number of rotatable bonds is 8. The number of ether oxygens (including phenoxy) is 2. The van der Waals surface area contributed by atoms with E-state index in [4.69, 9.17) is 24.8 Å². The first kappa shape index (κ1) is 22.0. The third-order valence-corrected chi connectivity index (χ3v) is 3.95. The third-order valence-electron chi connectivity index (χ3n) is 2.73. The Labute approximate surface area is 138 Å². The zero-order valence-electron chi connectivity index (χ0n) is 13.9. The van der Waals surface area contributed by atoms with Gasteiger partial charge in [-0.2, -0.15) is 0 Å². The molecule has 0 radical (unpaired) electrons. The summed E-state index contributed by atoms with van der Waals surface area (Å²) in [6.45, 7) is 7.15. The third kappa shape index (κ3) is 9.65. The molecule has 0 saturated carbocycles. The molecule has 0 atom stereocenters. The zero-order valence-corrected chi connectivity index (χ0v) is 14.7. The van der Waals surface area contributed by atoms with Crippen molar-refractivity contribution in [1.29, 1.82) is 0 Å². The van der Waals surface area contributed by atoms with E-state index in [1.165, 1.54) is 0 Å². The molecule has 0 unspecified atom stereocenters. The number of sulfonamides is 1. The number of nitrogens with two attached hydrogens (primary N) is 1. The van der Waals surface area contributed by atoms with Gasteiger partial charge in [-0.15, -0.1) is 0 Å². The van der Waals surface area contributed by atoms with Crippen LogP contribution in [0.5, 0.6) is 0 Å². The molecule has 0 aliphatic rings. The molecular weight excluding hydrogens is 322 g/mol. The zero-order chi connectivity index (χ0) is 17.9. The van der Waals surface area contributed by atoms with E-state index in [1.807, 2.05) is 19.1 Å². The van der Waals surface area contributed by atoms with Crippen molar-refractivity contribution in [2.75, 3.05) is 39.6 Å². The van der Waals surface area contributed by atoms with Crippen LogP contribution in [0.3, 0.4) is 0 Å². The number of hydrogen-bond acceptors (Lipinski definition) is 6. The van der Waals surface area contributed by atoms with Gasteiger partial charge in [-0.3, -0.25) is 0 Å². The second-order valence-corrected chi connectivity index (χ2v) is 6.44. The summed E-state index contributed by atoms with van der Waals surface area (Å²) in [4.78, 5) is 0.248. The van der Waals surface area contributed by atoms with Crippen molar-refractivity contribution in [2.45, 2.75) is 25.7 Å². The lowest BCUT2D eigenvalue weighted by molar-refractivity contribution is 0.0222. The van der Waals surface area contributed by atoms with Crippen LogP contribution < -0.4 is 5.14 Å². The molecule has 1 aromatic carbocycles. The van der Waals surface area contributed by atoms with Gasteiger partial charge < -0.3 is 19.7 Å². The standard InChI is InChI=1S/C9H13NO2S.C6H14O4/c1-6-4-7(2)9(8(3)5-6)13(10,11)12;7-1-3-9-5-6-10-4-2-8/h4-5H,1-3H3,(H2,10,11,12);7-8H,1-6H2. The molecular formula is C15H27NO6S. The monoisotopic (exact) mass is 349 g/mol. The smallest absolute Gasteiger partial charge is 0.238 e. The Morgan fingerprint density at radius 1 is 0.913 bits per heavy atom. The van der Waals surface area contributed by atoms with Crippen molar-refractivity contribution in [3.05, 3.63) is 28.8 Å². The predicted molar refractivity (Wildman–Crippen MR) is 87.8 cm³/mol. The quantitative estimate of drug-likeness (QED) is 0.579. The topological polar surface area (TPSA) is 119 Å². The highest BCUT2D eigenvalue weighted by Crippen LogP contribution is 2.19. The summed E-state index contributed by atoms with van der Waals surface area (Å²) in [6.07, 6.45) is 0. The van der Waals surface area contributed by atoms with E-state index in [-0.39, 0.29) is 18.1 Å². The Morgan fingerprint density at radius 3 is 1.61 bits per heavy atom. The maximum Gasteiger partial charge on any atom is 0.238 e. The second-order valence-electron chi connectivity index (χ2n) is 4.94. The van der Waals surface area contributed by atoms with E-state index in [2.05, 4.69) is 0 Å². The molecule has 1 aromatic rings. The molecule has 23 heavy (non-hydrogen) atoms. The number of hydrogen-bond donors (Lipinski definition) is 3. The van der Waals surface area contributed by atoms with E-state index >= 15 is 0 Å². The van der Waals surface area contributed by atoms with Crippen molar-refractivity contribution in [3.63, 3.8) is 0 Å². The lowest BCUT2D eigenvalue weighted by Crippen LogP contribution is -2.15. The van der Waals surface area contributed by atoms with E-state index in [0.29, 0.717) is 37.6 Å². The summed E-state index contributed by atoms with van der Waals surface area (Å²) < 4.78 is 32.1. The molecule has 1 rings (SSSR count). The summed E-state index contributed by atoms with van der Waals surface area (Å²) >= 11 is 0. The van der Waals surface area contributed by atoms with Gasteiger partial charge in [-0.25, -0.2) is 13.6 Å². The van der Waals surface area contributed by atoms with E-state index in [1.54, 1.807) is 13.8 Å². The number of aliphatic hydroxyl groups is 2. The van der Waals surface area contributed by atoms with E-state index in [0.717, 1.165) is 5.56 Å². The second kappa shape index (κ2) is 11.5. The summed E-state index contributed by atoms with van der Waals surface area (Å²) in [7, 11) is -3.58. The Kier molecular flexibility index (Phi) is 11.0. The van der Waals surface area contributed by atoms with Gasteiger partial charge in [0, 0.05) is 0 Å². The lowest BCUT2D eigenvalue weighted by atomic mass is 10.1. The van der Waals surface area contributed by atoms with Crippen LogP contribution in [-0.4, -0.2) is 58.3 Å². The Hall–Kier alpha value is -1.03. The molecule has 0 fully saturated rings. The van der Waals surface area contributed by atoms with Crippen LogP contribution in [0.1, 0.15) is 16.7 Å². The summed E-state index contributed by atoms with van der Waals surface area (Å²) in [5, 5.41) is 21.6. The number of aryl methyl sites for hydroxylation is 3. The Morgan fingerprint density at radius 2 is 1.30 bits per heavy atom. The fourth-order valence-electron chi connectivity index (χ4n) is 2.07. The highest BCUT2D eigenvalue weighted by atomic mass is 32.2. The summed E-state index contributed by atoms with van der Waals surface area (Å²) in [5.41, 5.74) is 2.46. The van der Waals surface area contributed by atoms with Gasteiger partial charge in [-0.1, -0.05) is 17.7 Å². The Balaban J connectivity index is 0.000000438. The molecule has 0 saturated heterocycles. The van der Waals surface area contributed by atoms with Gasteiger partial charge >= 0.3 is 0 Å². The van der Waals surface area contributed by atoms with Crippen LogP contribution in [0.2, 0.25) is 0 Å². The van der Waals surface area contributed by atoms with E-state index in [9.17, 15) is 8.42 Å². The number of aliphatic hydroxyl groups excluding tert-OH is 2. The molecule has 0 amide bonds. The maximum atomic E-state index is 11.2. The molecule has 0 aromatic heterocycles. The minimum absolute atomic E-state index is 0.0417. The van der Waals surface area contributed by atoms with Gasteiger partial charge in [0.05, 0.1) is 44.5 Å². The average molecular weight is 349 g/mol. The van der Waals surface area contributed by atoms with Crippen LogP contribution in [0.15, 0.2) is 17.0 Å². The van der Waals surface area contributed by atoms with Gasteiger partial charge in [-0.05, 0) is 31.9 Å². The van der Waals surface area contributed by atoms with Crippen LogP contribution in [0, 0.1) is 20.8 Å². The van der Waals surface area contributed by atoms with Gasteiger partial charge in [0.15, 0.2) is 0 Å². The molecule has 0 spiro atoms. The SMILES string of the molecule is Cc1cc(C)c(S(N)(=O)=O)c(C)c1.OCCOCCOCCO. The van der Waals surface area contributed by atoms with Crippen molar-refractivity contribution >= 4 is 10.0 Å². The van der Waals surface area contributed by atoms with Crippen molar-refractivity contribution in [3.8, 4) is 0 Å². The highest BCUT2D eigenvalue weighted by Gasteiger charge is 2.14. The number of primary sulfonamides is 1. The van der Waals surface area contributed by atoms with Crippen molar-refractivity contribution < 1.29 is 28.1 Å². The molecule has 0 aliphatic heterocycles. The van der Waals surface area contributed by atoms with Crippen LogP contribution in [0.4, 0.5) is 0 Å². The van der Waals surface area contributed by atoms with Gasteiger partial charge in [0.1, 0.15) is 0 Å². The molecule has 4 N–H and O–H groups in total. The molecule has 0 heterocycles. The fourth-order valence-corrected chi connectivity index (χ4v) is 3.08. The largest absolute Gasteiger partial charge is 0.394 e. The fraction of sp³-hybridized carbons (Fsp3) is 0.600. The van der Waals surface area contributed by atoms with Gasteiger partial charge in [0.2, 0.25) is 10.0 Å². The normalized spacial score (nSPS) is 11.0. The molecule has 7 nitrogen and oxygen atoms in total. The van der Waals surface area contributed by atoms with Crippen molar-refractivity contribution in [1.82, 2.24) is 0 Å². The highest BCUT2D eigenvalue weighted by molar-refractivity contribution is 7.89. The minimum Gasteiger partial charge on any atom is -0.394 e. The summed E-state index contributed by atoms with van der Waals surface area (Å²) in [6, 6.07) is 3.62. The van der Waals surface area contributed by atoms with E-state index < -0.39 is 10.0 Å². The minimum atomic E-state index is -3.58. The predicted octanol–water partition coefficient (Wildman–Crippen LogP) is 0.263. The van der Waals surface area contributed by atoms with Crippen LogP contribution >= 0.6 is 0 Å².